The standard InChI is InChI=1S/C13H22F3NO2/c1-2-17-7-12(8-18-9-13(14,15)16)5-6-19-11(12)10-3-4-10/h10-11,17H,2-9H2,1H3. The summed E-state index contributed by atoms with van der Waals surface area (Å²) in [5.41, 5.74) is -0.289. The van der Waals surface area contributed by atoms with Gasteiger partial charge in [0.2, 0.25) is 0 Å². The van der Waals surface area contributed by atoms with Crippen LogP contribution in [0, 0.1) is 11.3 Å². The van der Waals surface area contributed by atoms with Gasteiger partial charge in [0.05, 0.1) is 12.7 Å². The summed E-state index contributed by atoms with van der Waals surface area (Å²) in [5, 5.41) is 3.25. The van der Waals surface area contributed by atoms with Gasteiger partial charge in [-0.15, -0.1) is 0 Å². The highest BCUT2D eigenvalue weighted by molar-refractivity contribution is 5.00. The van der Waals surface area contributed by atoms with E-state index in [1.54, 1.807) is 0 Å². The zero-order valence-electron chi connectivity index (χ0n) is 11.3. The molecule has 0 radical (unpaired) electrons. The van der Waals surface area contributed by atoms with Crippen LogP contribution in [0.15, 0.2) is 0 Å². The highest BCUT2D eigenvalue weighted by Crippen LogP contribution is 2.47. The number of nitrogens with one attached hydrogen (secondary N) is 1. The Kier molecular flexibility index (Phi) is 4.74. The number of ether oxygens (including phenoxy) is 2. The first-order valence-corrected chi connectivity index (χ1v) is 6.94. The Morgan fingerprint density at radius 2 is 2.11 bits per heavy atom. The van der Waals surface area contributed by atoms with E-state index < -0.39 is 12.8 Å². The Hall–Kier alpha value is -0.330. The predicted octanol–water partition coefficient (Wildman–Crippen LogP) is 2.36. The van der Waals surface area contributed by atoms with Crippen LogP contribution in [-0.2, 0) is 9.47 Å². The van der Waals surface area contributed by atoms with Crippen molar-refractivity contribution in [3.63, 3.8) is 0 Å². The second kappa shape index (κ2) is 5.97. The molecule has 19 heavy (non-hydrogen) atoms. The third-order valence-corrected chi connectivity index (χ3v) is 3.93. The van der Waals surface area contributed by atoms with Crippen LogP contribution in [0.25, 0.3) is 0 Å². The van der Waals surface area contributed by atoms with Crippen LogP contribution >= 0.6 is 0 Å². The van der Waals surface area contributed by atoms with Gasteiger partial charge in [-0.25, -0.2) is 0 Å². The average Bonchev–Trinajstić information content (AvgIpc) is 3.08. The molecule has 2 unspecified atom stereocenters. The lowest BCUT2D eigenvalue weighted by Gasteiger charge is -2.34. The summed E-state index contributed by atoms with van der Waals surface area (Å²) >= 11 is 0. The number of rotatable bonds is 7. The number of hydrogen-bond acceptors (Lipinski definition) is 3. The van der Waals surface area contributed by atoms with Crippen LogP contribution in [0.4, 0.5) is 13.2 Å². The molecule has 2 rings (SSSR count). The normalized spacial score (nSPS) is 31.9. The highest BCUT2D eigenvalue weighted by atomic mass is 19.4. The SMILES string of the molecule is CCNCC1(COCC(F)(F)F)CCOC1C1CC1. The van der Waals surface area contributed by atoms with Gasteiger partial charge >= 0.3 is 6.18 Å². The molecule has 2 aliphatic rings. The summed E-state index contributed by atoms with van der Waals surface area (Å²) in [6.07, 6.45) is -1.18. The molecule has 2 atom stereocenters. The van der Waals surface area contributed by atoms with Crippen LogP contribution in [-0.4, -0.2) is 45.2 Å². The van der Waals surface area contributed by atoms with Crippen molar-refractivity contribution < 1.29 is 22.6 Å². The largest absolute Gasteiger partial charge is 0.411 e. The third-order valence-electron chi connectivity index (χ3n) is 3.93. The van der Waals surface area contributed by atoms with Gasteiger partial charge in [-0.1, -0.05) is 6.92 Å². The molecule has 0 aromatic carbocycles. The molecule has 1 aliphatic carbocycles. The topological polar surface area (TPSA) is 30.5 Å². The first-order chi connectivity index (χ1) is 8.97. The fraction of sp³-hybridized carbons (Fsp3) is 1.00. The summed E-state index contributed by atoms with van der Waals surface area (Å²) in [6, 6.07) is 0. The Morgan fingerprint density at radius 3 is 2.68 bits per heavy atom. The van der Waals surface area contributed by atoms with E-state index in [-0.39, 0.29) is 18.1 Å². The molecule has 2 fully saturated rings. The molecule has 0 spiro atoms. The first-order valence-electron chi connectivity index (χ1n) is 6.94. The van der Waals surface area contributed by atoms with Crippen LogP contribution in [0.3, 0.4) is 0 Å². The summed E-state index contributed by atoms with van der Waals surface area (Å²) in [6.45, 7) is 3.05. The summed E-state index contributed by atoms with van der Waals surface area (Å²) in [7, 11) is 0. The smallest absolute Gasteiger partial charge is 0.377 e. The van der Waals surface area contributed by atoms with E-state index in [2.05, 4.69) is 5.32 Å². The van der Waals surface area contributed by atoms with Crippen molar-refractivity contribution >= 4 is 0 Å². The Morgan fingerprint density at radius 1 is 1.37 bits per heavy atom. The zero-order chi connectivity index (χ0) is 13.9. The van der Waals surface area contributed by atoms with Crippen molar-refractivity contribution in [1.82, 2.24) is 5.32 Å². The molecule has 0 bridgehead atoms. The van der Waals surface area contributed by atoms with Gasteiger partial charge < -0.3 is 14.8 Å². The van der Waals surface area contributed by atoms with Gasteiger partial charge in [0.15, 0.2) is 0 Å². The molecule has 0 amide bonds. The number of hydrogen-bond donors (Lipinski definition) is 1. The molecule has 1 N–H and O–H groups in total. The van der Waals surface area contributed by atoms with Crippen molar-refractivity contribution in [3.8, 4) is 0 Å². The van der Waals surface area contributed by atoms with Crippen LogP contribution < -0.4 is 5.32 Å². The lowest BCUT2D eigenvalue weighted by Crippen LogP contribution is -2.45. The molecule has 1 aliphatic heterocycles. The zero-order valence-corrected chi connectivity index (χ0v) is 11.3. The lowest BCUT2D eigenvalue weighted by molar-refractivity contribution is -0.183. The Labute approximate surface area is 111 Å². The maximum absolute atomic E-state index is 12.2. The van der Waals surface area contributed by atoms with Gasteiger partial charge in [-0.05, 0) is 31.7 Å². The third kappa shape index (κ3) is 4.07. The van der Waals surface area contributed by atoms with Gasteiger partial charge in [-0.2, -0.15) is 13.2 Å². The minimum absolute atomic E-state index is 0.0554. The van der Waals surface area contributed by atoms with Gasteiger partial charge in [0.25, 0.3) is 0 Å². The predicted molar refractivity (Wildman–Crippen MR) is 64.9 cm³/mol. The summed E-state index contributed by atoms with van der Waals surface area (Å²) in [4.78, 5) is 0. The molecular weight excluding hydrogens is 259 g/mol. The highest BCUT2D eigenvalue weighted by Gasteiger charge is 2.51. The maximum Gasteiger partial charge on any atom is 0.411 e. The van der Waals surface area contributed by atoms with Crippen LogP contribution in [0.2, 0.25) is 0 Å². The van der Waals surface area contributed by atoms with E-state index >= 15 is 0 Å². The van der Waals surface area contributed by atoms with Crippen molar-refractivity contribution in [3.05, 3.63) is 0 Å². The fourth-order valence-corrected chi connectivity index (χ4v) is 2.88. The number of alkyl halides is 3. The van der Waals surface area contributed by atoms with Gasteiger partial charge in [0.1, 0.15) is 6.61 Å². The van der Waals surface area contributed by atoms with Gasteiger partial charge in [0, 0.05) is 18.6 Å². The second-order valence-corrected chi connectivity index (χ2v) is 5.63. The fourth-order valence-electron chi connectivity index (χ4n) is 2.88. The quantitative estimate of drug-likeness (QED) is 0.777. The summed E-state index contributed by atoms with van der Waals surface area (Å²) < 4.78 is 47.3. The monoisotopic (exact) mass is 281 g/mol. The molecule has 3 nitrogen and oxygen atoms in total. The van der Waals surface area contributed by atoms with Crippen molar-refractivity contribution in [2.24, 2.45) is 11.3 Å². The Balaban J connectivity index is 1.93. The van der Waals surface area contributed by atoms with Crippen molar-refractivity contribution in [1.29, 1.82) is 0 Å². The average molecular weight is 281 g/mol. The van der Waals surface area contributed by atoms with E-state index in [0.29, 0.717) is 19.1 Å². The Bertz CT molecular complexity index is 294. The minimum atomic E-state index is -4.26. The van der Waals surface area contributed by atoms with E-state index in [0.717, 1.165) is 25.8 Å². The van der Waals surface area contributed by atoms with Crippen molar-refractivity contribution in [2.75, 3.05) is 32.9 Å². The molecule has 1 saturated heterocycles. The molecule has 1 heterocycles. The molecule has 112 valence electrons. The van der Waals surface area contributed by atoms with Gasteiger partial charge in [-0.3, -0.25) is 0 Å². The van der Waals surface area contributed by atoms with E-state index in [4.69, 9.17) is 9.47 Å². The molecule has 0 aromatic heterocycles. The molecule has 6 heteroatoms. The molecule has 1 saturated carbocycles. The van der Waals surface area contributed by atoms with E-state index in [9.17, 15) is 13.2 Å². The van der Waals surface area contributed by atoms with Crippen molar-refractivity contribution in [2.45, 2.75) is 38.5 Å². The lowest BCUT2D eigenvalue weighted by atomic mass is 9.79. The minimum Gasteiger partial charge on any atom is -0.377 e. The summed E-state index contributed by atoms with van der Waals surface area (Å²) in [5.74, 6) is 0.510. The second-order valence-electron chi connectivity index (χ2n) is 5.63. The van der Waals surface area contributed by atoms with Crippen LogP contribution in [0.5, 0.6) is 0 Å². The van der Waals surface area contributed by atoms with E-state index in [1.165, 1.54) is 0 Å². The number of halogens is 3. The first kappa shape index (κ1) is 15.1. The van der Waals surface area contributed by atoms with Crippen LogP contribution in [0.1, 0.15) is 26.2 Å². The van der Waals surface area contributed by atoms with E-state index in [1.807, 2.05) is 6.92 Å². The molecular formula is C13H22F3NO2. The maximum atomic E-state index is 12.2. The molecule has 0 aromatic rings.